The largest absolute Gasteiger partial charge is 0.352 e. The van der Waals surface area contributed by atoms with Crippen LogP contribution in [0.4, 0.5) is 0 Å². The van der Waals surface area contributed by atoms with E-state index in [1.54, 1.807) is 0 Å². The lowest BCUT2D eigenvalue weighted by Crippen LogP contribution is -2.48. The third-order valence-electron chi connectivity index (χ3n) is 6.49. The lowest BCUT2D eigenvalue weighted by atomic mass is 9.78. The molecule has 0 bridgehead atoms. The van der Waals surface area contributed by atoms with Gasteiger partial charge in [0, 0.05) is 6.04 Å². The van der Waals surface area contributed by atoms with Crippen molar-refractivity contribution in [3.8, 4) is 0 Å². The number of rotatable bonds is 5. The van der Waals surface area contributed by atoms with Crippen LogP contribution in [0.25, 0.3) is 0 Å². The molecule has 1 saturated carbocycles. The molecule has 1 amide bonds. The van der Waals surface area contributed by atoms with Gasteiger partial charge in [-0.1, -0.05) is 57.0 Å². The molecule has 3 heteroatoms. The summed E-state index contributed by atoms with van der Waals surface area (Å²) >= 11 is 0. The van der Waals surface area contributed by atoms with Gasteiger partial charge in [0.05, 0.1) is 6.54 Å². The van der Waals surface area contributed by atoms with Gasteiger partial charge in [0.2, 0.25) is 5.91 Å². The van der Waals surface area contributed by atoms with Gasteiger partial charge in [0.15, 0.2) is 0 Å². The number of hydrogen-bond donors (Lipinski definition) is 1. The van der Waals surface area contributed by atoms with E-state index in [2.05, 4.69) is 54.4 Å². The zero-order chi connectivity index (χ0) is 17.6. The molecule has 1 aliphatic heterocycles. The SMILES string of the molecule is CC1CCCC(NC(=O)CN2CCC(Cc3ccccc3)CC2)C1C. The summed E-state index contributed by atoms with van der Waals surface area (Å²) in [6, 6.07) is 11.2. The minimum atomic E-state index is 0.229. The zero-order valence-electron chi connectivity index (χ0n) is 15.9. The van der Waals surface area contributed by atoms with Crippen LogP contribution in [0.2, 0.25) is 0 Å². The summed E-state index contributed by atoms with van der Waals surface area (Å²) in [5, 5.41) is 3.32. The van der Waals surface area contributed by atoms with Gasteiger partial charge in [-0.15, -0.1) is 0 Å². The summed E-state index contributed by atoms with van der Waals surface area (Å²) in [4.78, 5) is 14.8. The molecule has 2 aliphatic rings. The smallest absolute Gasteiger partial charge is 0.234 e. The molecule has 1 aromatic rings. The van der Waals surface area contributed by atoms with Gasteiger partial charge < -0.3 is 5.32 Å². The van der Waals surface area contributed by atoms with Crippen molar-refractivity contribution in [1.82, 2.24) is 10.2 Å². The predicted molar refractivity (Wildman–Crippen MR) is 103 cm³/mol. The first kappa shape index (κ1) is 18.4. The minimum Gasteiger partial charge on any atom is -0.352 e. The Hall–Kier alpha value is -1.35. The molecule has 3 rings (SSSR count). The van der Waals surface area contributed by atoms with E-state index in [4.69, 9.17) is 0 Å². The third kappa shape index (κ3) is 5.31. The van der Waals surface area contributed by atoms with E-state index in [-0.39, 0.29) is 5.91 Å². The highest BCUT2D eigenvalue weighted by molar-refractivity contribution is 5.78. The van der Waals surface area contributed by atoms with Crippen molar-refractivity contribution < 1.29 is 4.79 Å². The number of benzene rings is 1. The Kier molecular flexibility index (Phi) is 6.52. The summed E-state index contributed by atoms with van der Waals surface area (Å²) in [7, 11) is 0. The Morgan fingerprint density at radius 3 is 2.52 bits per heavy atom. The number of nitrogens with one attached hydrogen (secondary N) is 1. The number of likely N-dealkylation sites (tertiary alicyclic amines) is 1. The number of piperidine rings is 1. The highest BCUT2D eigenvalue weighted by Crippen LogP contribution is 2.29. The second-order valence-electron chi connectivity index (χ2n) is 8.35. The fourth-order valence-electron chi connectivity index (χ4n) is 4.54. The number of carbonyl (C=O) groups is 1. The van der Waals surface area contributed by atoms with Crippen LogP contribution in [0.15, 0.2) is 30.3 Å². The van der Waals surface area contributed by atoms with Crippen molar-refractivity contribution in [2.24, 2.45) is 17.8 Å². The van der Waals surface area contributed by atoms with Gasteiger partial charge in [-0.05, 0) is 62.1 Å². The Bertz CT molecular complexity index is 536. The van der Waals surface area contributed by atoms with E-state index >= 15 is 0 Å². The van der Waals surface area contributed by atoms with Gasteiger partial charge in [0.25, 0.3) is 0 Å². The van der Waals surface area contributed by atoms with Crippen molar-refractivity contribution >= 4 is 5.91 Å². The van der Waals surface area contributed by atoms with Crippen LogP contribution in [-0.4, -0.2) is 36.5 Å². The monoisotopic (exact) mass is 342 g/mol. The molecule has 3 atom stereocenters. The Morgan fingerprint density at radius 2 is 1.80 bits per heavy atom. The lowest BCUT2D eigenvalue weighted by molar-refractivity contribution is -0.124. The maximum Gasteiger partial charge on any atom is 0.234 e. The average molecular weight is 343 g/mol. The van der Waals surface area contributed by atoms with Crippen LogP contribution in [0.3, 0.4) is 0 Å². The van der Waals surface area contributed by atoms with Gasteiger partial charge >= 0.3 is 0 Å². The molecule has 3 nitrogen and oxygen atoms in total. The van der Waals surface area contributed by atoms with Gasteiger partial charge in [-0.25, -0.2) is 0 Å². The highest BCUT2D eigenvalue weighted by atomic mass is 16.2. The standard InChI is InChI=1S/C22H34N2O/c1-17-7-6-10-21(18(17)2)23-22(25)16-24-13-11-20(12-14-24)15-19-8-4-3-5-9-19/h3-5,8-9,17-18,20-21H,6-7,10-16H2,1-2H3,(H,23,25). The van der Waals surface area contributed by atoms with Crippen LogP contribution >= 0.6 is 0 Å². The van der Waals surface area contributed by atoms with E-state index in [1.165, 1.54) is 37.7 Å². The fraction of sp³-hybridized carbons (Fsp3) is 0.682. The van der Waals surface area contributed by atoms with E-state index in [0.717, 1.165) is 31.3 Å². The van der Waals surface area contributed by atoms with Gasteiger partial charge in [-0.3, -0.25) is 9.69 Å². The van der Waals surface area contributed by atoms with E-state index in [1.807, 2.05) is 0 Å². The number of carbonyl (C=O) groups excluding carboxylic acids is 1. The van der Waals surface area contributed by atoms with Crippen LogP contribution < -0.4 is 5.32 Å². The average Bonchev–Trinajstić information content (AvgIpc) is 2.62. The summed E-state index contributed by atoms with van der Waals surface area (Å²) < 4.78 is 0. The molecule has 1 saturated heterocycles. The molecule has 0 radical (unpaired) electrons. The Labute approximate surface area is 153 Å². The molecular formula is C22H34N2O. The summed E-state index contributed by atoms with van der Waals surface area (Å²) in [5.74, 6) is 2.33. The topological polar surface area (TPSA) is 32.3 Å². The Morgan fingerprint density at radius 1 is 1.08 bits per heavy atom. The first-order chi connectivity index (χ1) is 12.1. The molecule has 25 heavy (non-hydrogen) atoms. The molecular weight excluding hydrogens is 308 g/mol. The second kappa shape index (κ2) is 8.84. The molecule has 138 valence electrons. The first-order valence-corrected chi connectivity index (χ1v) is 10.2. The number of amides is 1. The van der Waals surface area contributed by atoms with E-state index < -0.39 is 0 Å². The van der Waals surface area contributed by atoms with Crippen LogP contribution in [0.5, 0.6) is 0 Å². The van der Waals surface area contributed by atoms with Crippen LogP contribution in [-0.2, 0) is 11.2 Å². The summed E-state index contributed by atoms with van der Waals surface area (Å²) in [6.45, 7) is 7.31. The van der Waals surface area contributed by atoms with Crippen molar-refractivity contribution in [3.05, 3.63) is 35.9 Å². The molecule has 1 aromatic carbocycles. The van der Waals surface area contributed by atoms with Crippen molar-refractivity contribution in [1.29, 1.82) is 0 Å². The molecule has 0 spiro atoms. The normalized spacial score (nSPS) is 28.6. The van der Waals surface area contributed by atoms with E-state index in [0.29, 0.717) is 18.5 Å². The number of hydrogen-bond acceptors (Lipinski definition) is 2. The molecule has 2 fully saturated rings. The van der Waals surface area contributed by atoms with Crippen LogP contribution in [0, 0.1) is 17.8 Å². The van der Waals surface area contributed by atoms with Gasteiger partial charge in [-0.2, -0.15) is 0 Å². The fourth-order valence-corrected chi connectivity index (χ4v) is 4.54. The number of nitrogens with zero attached hydrogens (tertiary/aromatic N) is 1. The van der Waals surface area contributed by atoms with Crippen molar-refractivity contribution in [3.63, 3.8) is 0 Å². The predicted octanol–water partition coefficient (Wildman–Crippen LogP) is 3.88. The lowest BCUT2D eigenvalue weighted by Gasteiger charge is -2.36. The van der Waals surface area contributed by atoms with Crippen molar-refractivity contribution in [2.75, 3.05) is 19.6 Å². The maximum atomic E-state index is 12.5. The summed E-state index contributed by atoms with van der Waals surface area (Å²) in [5.41, 5.74) is 1.44. The third-order valence-corrected chi connectivity index (χ3v) is 6.49. The Balaban J connectivity index is 1.39. The summed E-state index contributed by atoms with van der Waals surface area (Å²) in [6.07, 6.45) is 7.30. The van der Waals surface area contributed by atoms with Crippen molar-refractivity contribution in [2.45, 2.75) is 58.4 Å². The highest BCUT2D eigenvalue weighted by Gasteiger charge is 2.29. The molecule has 1 N–H and O–H groups in total. The van der Waals surface area contributed by atoms with Gasteiger partial charge in [0.1, 0.15) is 0 Å². The molecule has 1 aliphatic carbocycles. The second-order valence-corrected chi connectivity index (χ2v) is 8.35. The first-order valence-electron chi connectivity index (χ1n) is 10.2. The molecule has 0 aromatic heterocycles. The molecule has 3 unspecified atom stereocenters. The van der Waals surface area contributed by atoms with Crippen LogP contribution in [0.1, 0.15) is 51.5 Å². The van der Waals surface area contributed by atoms with E-state index in [9.17, 15) is 4.79 Å². The quantitative estimate of drug-likeness (QED) is 0.881. The molecule has 1 heterocycles. The zero-order valence-corrected chi connectivity index (χ0v) is 15.9. The minimum absolute atomic E-state index is 0.229. The maximum absolute atomic E-state index is 12.5.